The number of aromatic nitrogens is 1. The second-order valence-electron chi connectivity index (χ2n) is 2.93. The van der Waals surface area contributed by atoms with Crippen LogP contribution >= 0.6 is 0 Å². The van der Waals surface area contributed by atoms with Crippen LogP contribution in [0.5, 0.6) is 0 Å². The van der Waals surface area contributed by atoms with Crippen molar-refractivity contribution in [3.05, 3.63) is 30.1 Å². The highest BCUT2D eigenvalue weighted by molar-refractivity contribution is 5.05. The van der Waals surface area contributed by atoms with Crippen molar-refractivity contribution in [3.8, 4) is 0 Å². The summed E-state index contributed by atoms with van der Waals surface area (Å²) in [4.78, 5) is 4.11. The van der Waals surface area contributed by atoms with Crippen LogP contribution in [0.1, 0.15) is 12.6 Å². The van der Waals surface area contributed by atoms with Crippen LogP contribution in [0.3, 0.4) is 0 Å². The zero-order chi connectivity index (χ0) is 8.97. The third-order valence-corrected chi connectivity index (χ3v) is 1.79. The van der Waals surface area contributed by atoms with E-state index in [0.29, 0.717) is 6.42 Å². The Hall–Kier alpha value is -0.930. The molecule has 1 aromatic heterocycles. The predicted octanol–water partition coefficient (Wildman–Crippen LogP) is 0.332. The Morgan fingerprint density at radius 2 is 2.33 bits per heavy atom. The number of rotatable bonds is 3. The molecule has 0 saturated heterocycles. The minimum absolute atomic E-state index is 0.222. The first-order chi connectivity index (χ1) is 5.70. The summed E-state index contributed by atoms with van der Waals surface area (Å²) in [6.45, 7) is 1.69. The molecule has 3 N–H and O–H groups in total. The number of nitrogens with zero attached hydrogens (tertiary/aromatic N) is 1. The Balaban J connectivity index is 2.53. The largest absolute Gasteiger partial charge is 0.392 e. The molecule has 66 valence electrons. The molecule has 0 saturated carbocycles. The maximum absolute atomic E-state index is 9.13. The maximum Gasteiger partial charge on any atom is 0.0666 e. The number of aliphatic hydroxyl groups is 1. The van der Waals surface area contributed by atoms with Gasteiger partial charge in [-0.25, -0.2) is 0 Å². The summed E-state index contributed by atoms with van der Waals surface area (Å²) in [5.41, 5.74) is 6.58. The van der Waals surface area contributed by atoms with Gasteiger partial charge in [0.15, 0.2) is 0 Å². The van der Waals surface area contributed by atoms with E-state index in [2.05, 4.69) is 4.98 Å². The summed E-state index contributed by atoms with van der Waals surface area (Å²) >= 11 is 0. The van der Waals surface area contributed by atoms with Gasteiger partial charge >= 0.3 is 0 Å². The summed E-state index contributed by atoms with van der Waals surface area (Å²) < 4.78 is 0. The van der Waals surface area contributed by atoms with Crippen LogP contribution in [-0.2, 0) is 6.42 Å². The highest BCUT2D eigenvalue weighted by Gasteiger charge is 2.09. The fourth-order valence-electron chi connectivity index (χ4n) is 0.931. The highest BCUT2D eigenvalue weighted by atomic mass is 16.3. The van der Waals surface area contributed by atoms with Crippen molar-refractivity contribution in [1.82, 2.24) is 4.98 Å². The molecule has 0 aliphatic heterocycles. The molecule has 1 aromatic rings. The molecule has 12 heavy (non-hydrogen) atoms. The number of hydrogen-bond donors (Lipinski definition) is 2. The van der Waals surface area contributed by atoms with E-state index < -0.39 is 6.10 Å². The van der Waals surface area contributed by atoms with Gasteiger partial charge in [0.25, 0.3) is 0 Å². The van der Waals surface area contributed by atoms with Crippen LogP contribution < -0.4 is 5.73 Å². The van der Waals surface area contributed by atoms with E-state index in [0.717, 1.165) is 5.69 Å². The Labute approximate surface area is 72.2 Å². The van der Waals surface area contributed by atoms with Gasteiger partial charge in [0.05, 0.1) is 6.10 Å². The minimum atomic E-state index is -0.480. The van der Waals surface area contributed by atoms with Crippen LogP contribution in [0.25, 0.3) is 0 Å². The molecule has 1 rings (SSSR count). The minimum Gasteiger partial charge on any atom is -0.392 e. The lowest BCUT2D eigenvalue weighted by Crippen LogP contribution is -2.34. The second-order valence-corrected chi connectivity index (χ2v) is 2.93. The van der Waals surface area contributed by atoms with Crippen molar-refractivity contribution in [1.29, 1.82) is 0 Å². The van der Waals surface area contributed by atoms with Crippen molar-refractivity contribution in [2.75, 3.05) is 0 Å². The fourth-order valence-corrected chi connectivity index (χ4v) is 0.931. The smallest absolute Gasteiger partial charge is 0.0666 e. The van der Waals surface area contributed by atoms with E-state index in [-0.39, 0.29) is 6.04 Å². The third-order valence-electron chi connectivity index (χ3n) is 1.79. The number of aliphatic hydroxyl groups excluding tert-OH is 1. The van der Waals surface area contributed by atoms with Gasteiger partial charge in [-0.15, -0.1) is 0 Å². The first kappa shape index (κ1) is 9.16. The molecule has 0 aliphatic rings. The molecular weight excluding hydrogens is 152 g/mol. The van der Waals surface area contributed by atoms with E-state index in [4.69, 9.17) is 10.8 Å². The average Bonchev–Trinajstić information content (AvgIpc) is 2.06. The second kappa shape index (κ2) is 4.18. The highest BCUT2D eigenvalue weighted by Crippen LogP contribution is 2.00. The van der Waals surface area contributed by atoms with Gasteiger partial charge in [0.2, 0.25) is 0 Å². The van der Waals surface area contributed by atoms with Crippen molar-refractivity contribution < 1.29 is 5.11 Å². The Kier molecular flexibility index (Phi) is 3.19. The topological polar surface area (TPSA) is 59.1 Å². The fraction of sp³-hybridized carbons (Fsp3) is 0.444. The molecule has 0 bridgehead atoms. The van der Waals surface area contributed by atoms with Gasteiger partial charge < -0.3 is 10.8 Å². The molecule has 2 atom stereocenters. The lowest BCUT2D eigenvalue weighted by Gasteiger charge is -2.13. The molecule has 0 aromatic carbocycles. The SMILES string of the molecule is CC(O)C(N)Cc1ccccn1. The quantitative estimate of drug-likeness (QED) is 0.680. The first-order valence-electron chi connectivity index (χ1n) is 4.03. The Bertz CT molecular complexity index is 223. The van der Waals surface area contributed by atoms with Gasteiger partial charge in [0, 0.05) is 24.4 Å². The number of hydrogen-bond acceptors (Lipinski definition) is 3. The monoisotopic (exact) mass is 166 g/mol. The molecule has 0 amide bonds. The normalized spacial score (nSPS) is 15.6. The van der Waals surface area contributed by atoms with Crippen LogP contribution in [-0.4, -0.2) is 22.2 Å². The van der Waals surface area contributed by atoms with E-state index >= 15 is 0 Å². The molecule has 2 unspecified atom stereocenters. The summed E-state index contributed by atoms with van der Waals surface area (Å²) in [5.74, 6) is 0. The Morgan fingerprint density at radius 3 is 2.83 bits per heavy atom. The molecule has 0 radical (unpaired) electrons. The van der Waals surface area contributed by atoms with Crippen molar-refractivity contribution in [2.45, 2.75) is 25.5 Å². The van der Waals surface area contributed by atoms with Crippen LogP contribution in [0.2, 0.25) is 0 Å². The van der Waals surface area contributed by atoms with E-state index in [1.54, 1.807) is 13.1 Å². The molecule has 0 fully saturated rings. The van der Waals surface area contributed by atoms with Gasteiger partial charge in [-0.2, -0.15) is 0 Å². The lowest BCUT2D eigenvalue weighted by molar-refractivity contribution is 0.163. The number of pyridine rings is 1. The summed E-state index contributed by atoms with van der Waals surface area (Å²) in [7, 11) is 0. The summed E-state index contributed by atoms with van der Waals surface area (Å²) in [5, 5.41) is 9.13. The maximum atomic E-state index is 9.13. The summed E-state index contributed by atoms with van der Waals surface area (Å²) in [6.07, 6.45) is 1.87. The van der Waals surface area contributed by atoms with Crippen molar-refractivity contribution in [3.63, 3.8) is 0 Å². The summed E-state index contributed by atoms with van der Waals surface area (Å²) in [6, 6.07) is 5.45. The average molecular weight is 166 g/mol. The van der Waals surface area contributed by atoms with E-state index in [1.165, 1.54) is 0 Å². The van der Waals surface area contributed by atoms with Crippen LogP contribution in [0.15, 0.2) is 24.4 Å². The molecule has 1 heterocycles. The van der Waals surface area contributed by atoms with Gasteiger partial charge in [-0.1, -0.05) is 6.07 Å². The zero-order valence-corrected chi connectivity index (χ0v) is 7.14. The molecule has 3 nitrogen and oxygen atoms in total. The zero-order valence-electron chi connectivity index (χ0n) is 7.14. The first-order valence-corrected chi connectivity index (χ1v) is 4.03. The number of nitrogens with two attached hydrogens (primary N) is 1. The van der Waals surface area contributed by atoms with E-state index in [1.807, 2.05) is 18.2 Å². The van der Waals surface area contributed by atoms with Crippen LogP contribution in [0.4, 0.5) is 0 Å². The lowest BCUT2D eigenvalue weighted by atomic mass is 10.1. The van der Waals surface area contributed by atoms with Gasteiger partial charge in [-0.3, -0.25) is 4.98 Å². The van der Waals surface area contributed by atoms with Crippen molar-refractivity contribution in [2.24, 2.45) is 5.73 Å². The van der Waals surface area contributed by atoms with Gasteiger partial charge in [-0.05, 0) is 19.1 Å². The standard InChI is InChI=1S/C9H14N2O/c1-7(12)9(10)6-8-4-2-3-5-11-8/h2-5,7,9,12H,6,10H2,1H3. The molecular formula is C9H14N2O. The molecule has 0 aliphatic carbocycles. The van der Waals surface area contributed by atoms with E-state index in [9.17, 15) is 0 Å². The Morgan fingerprint density at radius 1 is 1.58 bits per heavy atom. The van der Waals surface area contributed by atoms with Crippen molar-refractivity contribution >= 4 is 0 Å². The van der Waals surface area contributed by atoms with Gasteiger partial charge in [0.1, 0.15) is 0 Å². The predicted molar refractivity (Wildman–Crippen MR) is 47.6 cm³/mol. The van der Waals surface area contributed by atoms with Crippen LogP contribution in [0, 0.1) is 0 Å². The molecule has 3 heteroatoms. The third kappa shape index (κ3) is 2.60. The molecule has 0 spiro atoms.